The first-order valence-corrected chi connectivity index (χ1v) is 9.76. The molecule has 2 fully saturated rings. The first kappa shape index (κ1) is 18.2. The van der Waals surface area contributed by atoms with Crippen molar-refractivity contribution in [2.24, 2.45) is 17.8 Å². The molecule has 0 bridgehead atoms. The van der Waals surface area contributed by atoms with Crippen molar-refractivity contribution in [1.29, 1.82) is 0 Å². The molecule has 0 radical (unpaired) electrons. The van der Waals surface area contributed by atoms with E-state index in [1.165, 1.54) is 0 Å². The lowest BCUT2D eigenvalue weighted by atomic mass is 9.69. The summed E-state index contributed by atoms with van der Waals surface area (Å²) in [4.78, 5) is 24.0. The number of hydrogen-bond acceptors (Lipinski definition) is 5. The Bertz CT molecular complexity index is 580. The van der Waals surface area contributed by atoms with Crippen molar-refractivity contribution in [2.45, 2.75) is 70.8 Å². The first-order valence-electron chi connectivity index (χ1n) is 8.26. The molecule has 1 aliphatic heterocycles. The maximum Gasteiger partial charge on any atom is 0.424 e. The monoisotopic (exact) mass is 345 g/mol. The van der Waals surface area contributed by atoms with Crippen LogP contribution in [0.3, 0.4) is 0 Å². The van der Waals surface area contributed by atoms with Crippen LogP contribution in [0.1, 0.15) is 53.9 Å². The zero-order valence-electron chi connectivity index (χ0n) is 14.5. The smallest absolute Gasteiger partial charge is 0.424 e. The average Bonchev–Trinajstić information content (AvgIpc) is 2.62. The van der Waals surface area contributed by atoms with E-state index < -0.39 is 33.0 Å². The Morgan fingerprint density at radius 3 is 2.39 bits per heavy atom. The SMILES string of the molecule is CCC1CCC2C(C1C=O)C(C)N(C(=O)OC(C)(C)C)S2(=O)=O. The third kappa shape index (κ3) is 3.12. The van der Waals surface area contributed by atoms with Crippen LogP contribution in [0.15, 0.2) is 0 Å². The Morgan fingerprint density at radius 1 is 1.30 bits per heavy atom. The number of amides is 1. The maximum absolute atomic E-state index is 12.8. The molecule has 1 saturated carbocycles. The van der Waals surface area contributed by atoms with Crippen molar-refractivity contribution in [1.82, 2.24) is 4.31 Å². The molecule has 5 atom stereocenters. The van der Waals surface area contributed by atoms with Crippen molar-refractivity contribution in [3.05, 3.63) is 0 Å². The number of hydrogen-bond donors (Lipinski definition) is 0. The highest BCUT2D eigenvalue weighted by Gasteiger charge is 2.59. The zero-order chi connectivity index (χ0) is 17.6. The Labute approximate surface area is 138 Å². The second-order valence-corrected chi connectivity index (χ2v) is 9.67. The molecule has 5 unspecified atom stereocenters. The van der Waals surface area contributed by atoms with Gasteiger partial charge in [0.2, 0.25) is 10.0 Å². The van der Waals surface area contributed by atoms with Crippen LogP contribution in [0.5, 0.6) is 0 Å². The quantitative estimate of drug-likeness (QED) is 0.719. The molecule has 23 heavy (non-hydrogen) atoms. The van der Waals surface area contributed by atoms with Crippen LogP contribution in [0, 0.1) is 17.8 Å². The lowest BCUT2D eigenvalue weighted by molar-refractivity contribution is -0.116. The highest BCUT2D eigenvalue weighted by molar-refractivity contribution is 7.90. The number of carbonyl (C=O) groups excluding carboxylic acids is 2. The van der Waals surface area contributed by atoms with Gasteiger partial charge >= 0.3 is 6.09 Å². The summed E-state index contributed by atoms with van der Waals surface area (Å²) in [7, 11) is -3.78. The van der Waals surface area contributed by atoms with Gasteiger partial charge in [0.25, 0.3) is 0 Å². The van der Waals surface area contributed by atoms with Crippen molar-refractivity contribution in [2.75, 3.05) is 0 Å². The number of aldehydes is 1. The maximum atomic E-state index is 12.8. The van der Waals surface area contributed by atoms with E-state index in [2.05, 4.69) is 0 Å². The number of nitrogens with zero attached hydrogens (tertiary/aromatic N) is 1. The molecule has 132 valence electrons. The Kier molecular flexibility index (Phi) is 4.81. The summed E-state index contributed by atoms with van der Waals surface area (Å²) in [5.41, 5.74) is -0.768. The molecule has 2 aliphatic rings. The van der Waals surface area contributed by atoms with E-state index in [1.807, 2.05) is 6.92 Å². The minimum Gasteiger partial charge on any atom is -0.443 e. The summed E-state index contributed by atoms with van der Waals surface area (Å²) in [5, 5.41) is -0.664. The fourth-order valence-electron chi connectivity index (χ4n) is 4.09. The van der Waals surface area contributed by atoms with Gasteiger partial charge in [0, 0.05) is 11.8 Å². The molecule has 1 aliphatic carbocycles. The van der Waals surface area contributed by atoms with Gasteiger partial charge in [0.05, 0.1) is 11.3 Å². The van der Waals surface area contributed by atoms with Gasteiger partial charge in [0.1, 0.15) is 11.9 Å². The number of ether oxygens (including phenoxy) is 1. The van der Waals surface area contributed by atoms with Gasteiger partial charge in [-0.1, -0.05) is 13.3 Å². The van der Waals surface area contributed by atoms with E-state index in [4.69, 9.17) is 4.74 Å². The summed E-state index contributed by atoms with van der Waals surface area (Å²) in [6.45, 7) is 8.83. The van der Waals surface area contributed by atoms with Gasteiger partial charge in [-0.05, 0) is 46.5 Å². The second-order valence-electron chi connectivity index (χ2n) is 7.64. The van der Waals surface area contributed by atoms with E-state index in [9.17, 15) is 18.0 Å². The summed E-state index contributed by atoms with van der Waals surface area (Å²) in [6.07, 6.45) is 2.09. The van der Waals surface area contributed by atoms with Gasteiger partial charge in [-0.25, -0.2) is 17.5 Å². The third-order valence-corrected chi connectivity index (χ3v) is 7.42. The third-order valence-electron chi connectivity index (χ3n) is 5.08. The molecule has 0 aromatic carbocycles. The van der Waals surface area contributed by atoms with E-state index in [0.717, 1.165) is 17.0 Å². The van der Waals surface area contributed by atoms with Crippen LogP contribution in [-0.2, 0) is 19.6 Å². The minimum atomic E-state index is -3.78. The van der Waals surface area contributed by atoms with Crippen LogP contribution in [0.4, 0.5) is 4.79 Å². The fraction of sp³-hybridized carbons (Fsp3) is 0.875. The predicted octanol–water partition coefficient (Wildman–Crippen LogP) is 2.58. The number of sulfonamides is 1. The summed E-state index contributed by atoms with van der Waals surface area (Å²) in [6, 6.07) is -0.551. The molecule has 1 heterocycles. The largest absolute Gasteiger partial charge is 0.443 e. The van der Waals surface area contributed by atoms with E-state index in [1.54, 1.807) is 27.7 Å². The van der Waals surface area contributed by atoms with E-state index in [-0.39, 0.29) is 17.8 Å². The summed E-state index contributed by atoms with van der Waals surface area (Å²) in [5.74, 6) is -0.482. The minimum absolute atomic E-state index is 0.185. The summed E-state index contributed by atoms with van der Waals surface area (Å²) < 4.78 is 31.8. The van der Waals surface area contributed by atoms with Crippen LogP contribution in [0.25, 0.3) is 0 Å². The number of fused-ring (bicyclic) bond motifs is 1. The lowest BCUT2D eigenvalue weighted by Gasteiger charge is -2.36. The molecule has 0 spiro atoms. The fourth-order valence-corrected chi connectivity index (χ4v) is 6.48. The van der Waals surface area contributed by atoms with Crippen molar-refractivity contribution in [3.63, 3.8) is 0 Å². The highest BCUT2D eigenvalue weighted by Crippen LogP contribution is 2.48. The summed E-state index contributed by atoms with van der Waals surface area (Å²) >= 11 is 0. The zero-order valence-corrected chi connectivity index (χ0v) is 15.3. The van der Waals surface area contributed by atoms with Crippen LogP contribution in [0.2, 0.25) is 0 Å². The van der Waals surface area contributed by atoms with Gasteiger partial charge in [-0.3, -0.25) is 0 Å². The Morgan fingerprint density at radius 2 is 1.91 bits per heavy atom. The van der Waals surface area contributed by atoms with Crippen LogP contribution < -0.4 is 0 Å². The van der Waals surface area contributed by atoms with Gasteiger partial charge < -0.3 is 9.53 Å². The van der Waals surface area contributed by atoms with Gasteiger partial charge in [0.15, 0.2) is 0 Å². The van der Waals surface area contributed by atoms with Crippen molar-refractivity contribution < 1.29 is 22.7 Å². The van der Waals surface area contributed by atoms with Gasteiger partial charge in [-0.15, -0.1) is 0 Å². The molecular weight excluding hydrogens is 318 g/mol. The second kappa shape index (κ2) is 6.07. The molecule has 1 saturated heterocycles. The molecule has 1 amide bonds. The normalized spacial score (nSPS) is 36.4. The molecule has 0 N–H and O–H groups in total. The topological polar surface area (TPSA) is 80.8 Å². The first-order chi connectivity index (χ1) is 10.5. The highest BCUT2D eigenvalue weighted by atomic mass is 32.2. The lowest BCUT2D eigenvalue weighted by Crippen LogP contribution is -2.43. The number of rotatable bonds is 2. The van der Waals surface area contributed by atoms with E-state index in [0.29, 0.717) is 12.8 Å². The van der Waals surface area contributed by atoms with Crippen LogP contribution in [-0.4, -0.2) is 42.0 Å². The molecule has 6 nitrogen and oxygen atoms in total. The van der Waals surface area contributed by atoms with Crippen LogP contribution >= 0.6 is 0 Å². The Balaban J connectivity index is 2.38. The molecular formula is C16H27NO5S. The molecule has 0 aromatic heterocycles. The predicted molar refractivity (Wildman–Crippen MR) is 86.3 cm³/mol. The van der Waals surface area contributed by atoms with E-state index >= 15 is 0 Å². The van der Waals surface area contributed by atoms with Gasteiger partial charge in [-0.2, -0.15) is 0 Å². The molecule has 2 rings (SSSR count). The molecule has 7 heteroatoms. The Hall–Kier alpha value is -1.11. The average molecular weight is 345 g/mol. The standard InChI is InChI=1S/C16H27NO5S/c1-6-11-7-8-13-14(12(11)9-18)10(2)17(23(13,20)21)15(19)22-16(3,4)5/h9-14H,6-8H2,1-5H3. The molecule has 0 aromatic rings. The number of carbonyl (C=O) groups is 2. The van der Waals surface area contributed by atoms with Crippen molar-refractivity contribution >= 4 is 22.4 Å². The van der Waals surface area contributed by atoms with Crippen molar-refractivity contribution in [3.8, 4) is 0 Å².